The van der Waals surface area contributed by atoms with Crippen molar-refractivity contribution in [1.29, 1.82) is 0 Å². The van der Waals surface area contributed by atoms with Crippen molar-refractivity contribution in [3.8, 4) is 11.1 Å². The highest BCUT2D eigenvalue weighted by molar-refractivity contribution is 8.93. The van der Waals surface area contributed by atoms with Gasteiger partial charge in [-0.05, 0) is 36.1 Å². The molecule has 0 aliphatic heterocycles. The lowest BCUT2D eigenvalue weighted by Gasteiger charge is -2.08. The molecule has 2 aromatic heterocycles. The van der Waals surface area contributed by atoms with E-state index in [0.29, 0.717) is 0 Å². The molecule has 0 saturated heterocycles. The average Bonchev–Trinajstić information content (AvgIpc) is 3.12. The monoisotopic (exact) mass is 820 g/mol. The molecule has 290 valence electrons. The fourth-order valence-corrected chi connectivity index (χ4v) is 7.42. The van der Waals surface area contributed by atoms with Gasteiger partial charge in [-0.3, -0.25) is 4.98 Å². The Balaban J connectivity index is 0.0000120. The molecule has 2 aromatic rings. The molecule has 2 heterocycles. The molecule has 0 aliphatic carbocycles. The highest BCUT2D eigenvalue weighted by Gasteiger charge is 2.13. The second-order valence-corrected chi connectivity index (χ2v) is 15.2. The van der Waals surface area contributed by atoms with Crippen molar-refractivity contribution in [3.63, 3.8) is 0 Å². The Morgan fingerprint density at radius 1 is 0.420 bits per heavy atom. The summed E-state index contributed by atoms with van der Waals surface area (Å²) in [6, 6.07) is 9.08. The van der Waals surface area contributed by atoms with E-state index in [-0.39, 0.29) is 34.0 Å². The van der Waals surface area contributed by atoms with Gasteiger partial charge < -0.3 is 17.0 Å². The van der Waals surface area contributed by atoms with E-state index in [0.717, 1.165) is 0 Å². The van der Waals surface area contributed by atoms with Gasteiger partial charge in [0.2, 0.25) is 0 Å². The van der Waals surface area contributed by atoms with Crippen molar-refractivity contribution in [1.82, 2.24) is 4.98 Å². The van der Waals surface area contributed by atoms with E-state index in [9.17, 15) is 0 Å². The lowest BCUT2D eigenvalue weighted by atomic mass is 10.0. The Bertz CT molecular complexity index is 950. The van der Waals surface area contributed by atoms with Gasteiger partial charge in [0.15, 0.2) is 11.9 Å². The van der Waals surface area contributed by atoms with E-state index in [1.807, 2.05) is 12.4 Å². The van der Waals surface area contributed by atoms with Crippen LogP contribution in [-0.2, 0) is 13.0 Å². The summed E-state index contributed by atoms with van der Waals surface area (Å²) in [6.45, 7) is 5.78. The lowest BCUT2D eigenvalue weighted by Crippen LogP contribution is -3.00. The van der Waals surface area contributed by atoms with Gasteiger partial charge in [0, 0.05) is 37.4 Å². The Morgan fingerprint density at radius 3 is 1.14 bits per heavy atom. The molecule has 0 fully saturated rings. The summed E-state index contributed by atoms with van der Waals surface area (Å²) in [4.78, 5) is 4.24. The smallest absolute Gasteiger partial charge is 0.181 e. The Morgan fingerprint density at radius 2 is 0.760 bits per heavy atom. The van der Waals surface area contributed by atoms with Crippen molar-refractivity contribution in [3.05, 3.63) is 48.5 Å². The first-order valence-electron chi connectivity index (χ1n) is 21.8. The summed E-state index contributed by atoms with van der Waals surface area (Å²) in [5.41, 5.74) is 4.15. The summed E-state index contributed by atoms with van der Waals surface area (Å²) in [5, 5.41) is 0. The quantitative estimate of drug-likeness (QED) is 0.0500. The number of halogens is 2. The number of hydrogen-bond acceptors (Lipinski definition) is 1. The third kappa shape index (κ3) is 27.9. The third-order valence-electron chi connectivity index (χ3n) is 10.7. The Kier molecular flexibility index (Phi) is 37.4. The number of unbranched alkanes of at least 4 members (excludes halogenated alkanes) is 30. The van der Waals surface area contributed by atoms with E-state index in [2.05, 4.69) is 53.9 Å². The van der Waals surface area contributed by atoms with Crippen molar-refractivity contribution in [2.45, 2.75) is 232 Å². The van der Waals surface area contributed by atoms with E-state index in [4.69, 9.17) is 0 Å². The molecule has 4 heteroatoms. The van der Waals surface area contributed by atoms with Crippen molar-refractivity contribution < 1.29 is 21.5 Å². The van der Waals surface area contributed by atoms with Crippen LogP contribution in [0.1, 0.15) is 225 Å². The fraction of sp³-hybridized carbons (Fsp3) is 0.783. The minimum absolute atomic E-state index is 0. The van der Waals surface area contributed by atoms with Crippen LogP contribution in [0, 0.1) is 0 Å². The number of nitrogens with zero attached hydrogens (tertiary/aromatic N) is 2. The number of hydrogen-bond donors (Lipinski definition) is 0. The molecule has 0 bridgehead atoms. The zero-order valence-electron chi connectivity index (χ0n) is 33.3. The topological polar surface area (TPSA) is 16.8 Å². The first-order valence-corrected chi connectivity index (χ1v) is 21.8. The zero-order chi connectivity index (χ0) is 34.0. The fourth-order valence-electron chi connectivity index (χ4n) is 7.42. The maximum absolute atomic E-state index is 4.24. The van der Waals surface area contributed by atoms with Crippen LogP contribution in [0.15, 0.2) is 42.9 Å². The summed E-state index contributed by atoms with van der Waals surface area (Å²) in [6.07, 6.45) is 53.2. The molecule has 2 rings (SSSR count). The number of aryl methyl sites for hydroxylation is 2. The van der Waals surface area contributed by atoms with Crippen LogP contribution in [0.2, 0.25) is 0 Å². The normalized spacial score (nSPS) is 11.0. The molecule has 0 amide bonds. The van der Waals surface area contributed by atoms with E-state index < -0.39 is 0 Å². The second-order valence-electron chi connectivity index (χ2n) is 15.2. The predicted octanol–water partition coefficient (Wildman–Crippen LogP) is 12.7. The van der Waals surface area contributed by atoms with E-state index in [1.165, 1.54) is 235 Å². The second kappa shape index (κ2) is 38.0. The summed E-state index contributed by atoms with van der Waals surface area (Å²) >= 11 is 0. The van der Waals surface area contributed by atoms with Crippen LogP contribution < -0.4 is 21.5 Å². The molecule has 0 atom stereocenters. The average molecular weight is 823 g/mol. The minimum Gasteiger partial charge on any atom is -1.00 e. The molecule has 0 aromatic carbocycles. The van der Waals surface area contributed by atoms with Crippen molar-refractivity contribution in [2.24, 2.45) is 0 Å². The standard InChI is InChI=1S/C46H81N2.2BrH/c1-3-5-7-9-11-13-15-17-19-21-23-25-27-29-31-33-35-46-43-45(44-36-39-47-40-37-44)38-42-48(46)41-34-32-30-28-26-24-22-20-18-16-14-12-10-8-6-4-2;;/h36-40,42-43H,3-35,41H2,1-2H3;2*1H/q+1;;/p-1. The van der Waals surface area contributed by atoms with E-state index >= 15 is 0 Å². The van der Waals surface area contributed by atoms with Gasteiger partial charge in [-0.15, -0.1) is 17.0 Å². The SMILES string of the molecule is Br.CCCCCCCCCCCCCCCCCCc1cc(-c2ccncc2)cc[n+]1CCCCCCCCCCCCCCCCCC.[Br-]. The molecular formula is C46H82Br2N2. The maximum atomic E-state index is 4.24. The van der Waals surface area contributed by atoms with Crippen molar-refractivity contribution in [2.75, 3.05) is 0 Å². The molecule has 0 radical (unpaired) electrons. The van der Waals surface area contributed by atoms with Gasteiger partial charge in [0.25, 0.3) is 0 Å². The molecule has 0 spiro atoms. The maximum Gasteiger partial charge on any atom is 0.181 e. The first-order chi connectivity index (χ1) is 23.8. The predicted molar refractivity (Wildman–Crippen MR) is 223 cm³/mol. The molecule has 0 aliphatic rings. The van der Waals surface area contributed by atoms with Crippen LogP contribution >= 0.6 is 17.0 Å². The minimum atomic E-state index is 0. The number of aromatic nitrogens is 2. The van der Waals surface area contributed by atoms with Crippen LogP contribution in [0.25, 0.3) is 11.1 Å². The molecule has 0 saturated carbocycles. The number of pyridine rings is 2. The van der Waals surface area contributed by atoms with Gasteiger partial charge in [-0.25, -0.2) is 4.57 Å². The zero-order valence-corrected chi connectivity index (χ0v) is 36.6. The summed E-state index contributed by atoms with van der Waals surface area (Å²) < 4.78 is 2.57. The largest absolute Gasteiger partial charge is 1.00 e. The van der Waals surface area contributed by atoms with Gasteiger partial charge in [-0.1, -0.05) is 200 Å². The van der Waals surface area contributed by atoms with Gasteiger partial charge in [-0.2, -0.15) is 0 Å². The van der Waals surface area contributed by atoms with Crippen LogP contribution in [-0.4, -0.2) is 4.98 Å². The lowest BCUT2D eigenvalue weighted by molar-refractivity contribution is -0.704. The van der Waals surface area contributed by atoms with Gasteiger partial charge >= 0.3 is 0 Å². The third-order valence-corrected chi connectivity index (χ3v) is 10.7. The molecular weight excluding hydrogens is 740 g/mol. The highest BCUT2D eigenvalue weighted by Crippen LogP contribution is 2.20. The first kappa shape index (κ1) is 49.3. The van der Waals surface area contributed by atoms with Crippen LogP contribution in [0.3, 0.4) is 0 Å². The Hall–Kier alpha value is -0.740. The van der Waals surface area contributed by atoms with Crippen LogP contribution in [0.5, 0.6) is 0 Å². The van der Waals surface area contributed by atoms with Crippen LogP contribution in [0.4, 0.5) is 0 Å². The molecule has 0 unspecified atom stereocenters. The number of rotatable bonds is 35. The van der Waals surface area contributed by atoms with Crippen molar-refractivity contribution >= 4 is 17.0 Å². The summed E-state index contributed by atoms with van der Waals surface area (Å²) in [7, 11) is 0. The summed E-state index contributed by atoms with van der Waals surface area (Å²) in [5.74, 6) is 0. The molecule has 2 nitrogen and oxygen atoms in total. The molecule has 0 N–H and O–H groups in total. The van der Waals surface area contributed by atoms with Gasteiger partial charge in [0.1, 0.15) is 6.54 Å². The highest BCUT2D eigenvalue weighted by atomic mass is 79.9. The Labute approximate surface area is 333 Å². The van der Waals surface area contributed by atoms with Gasteiger partial charge in [0.05, 0.1) is 0 Å². The molecule has 50 heavy (non-hydrogen) atoms. The van der Waals surface area contributed by atoms with E-state index in [1.54, 1.807) is 0 Å².